The van der Waals surface area contributed by atoms with E-state index < -0.39 is 11.8 Å². The van der Waals surface area contributed by atoms with Crippen LogP contribution in [0.2, 0.25) is 0 Å². The van der Waals surface area contributed by atoms with Gasteiger partial charge in [-0.2, -0.15) is 0 Å². The molecule has 0 radical (unpaired) electrons. The largest absolute Gasteiger partial charge is 0.493 e. The van der Waals surface area contributed by atoms with E-state index in [1.807, 2.05) is 19.1 Å². The Kier molecular flexibility index (Phi) is 6.37. The van der Waals surface area contributed by atoms with Gasteiger partial charge >= 0.3 is 0 Å². The van der Waals surface area contributed by atoms with Gasteiger partial charge in [0.2, 0.25) is 5.75 Å². The van der Waals surface area contributed by atoms with Gasteiger partial charge in [0.1, 0.15) is 5.57 Å². The summed E-state index contributed by atoms with van der Waals surface area (Å²) in [4.78, 5) is 27.0. The van der Waals surface area contributed by atoms with E-state index in [9.17, 15) is 9.59 Å². The molecule has 30 heavy (non-hydrogen) atoms. The van der Waals surface area contributed by atoms with Crippen molar-refractivity contribution in [1.82, 2.24) is 5.32 Å². The molecule has 8 heteroatoms. The van der Waals surface area contributed by atoms with Crippen molar-refractivity contribution in [2.45, 2.75) is 13.3 Å². The summed E-state index contributed by atoms with van der Waals surface area (Å²) >= 11 is 5.24. The monoisotopic (exact) mass is 426 g/mol. The lowest BCUT2D eigenvalue weighted by Gasteiger charge is -2.29. The van der Waals surface area contributed by atoms with E-state index in [-0.39, 0.29) is 10.7 Å². The molecule has 0 atom stereocenters. The van der Waals surface area contributed by atoms with Crippen LogP contribution in [0.15, 0.2) is 42.0 Å². The number of aryl methyl sites for hydroxylation is 1. The molecule has 2 amide bonds. The van der Waals surface area contributed by atoms with E-state index in [1.54, 1.807) is 24.3 Å². The van der Waals surface area contributed by atoms with Gasteiger partial charge in [-0.05, 0) is 60.1 Å². The zero-order chi connectivity index (χ0) is 21.8. The molecule has 1 saturated heterocycles. The first-order chi connectivity index (χ1) is 14.4. The Morgan fingerprint density at radius 3 is 2.10 bits per heavy atom. The number of carbonyl (C=O) groups excluding carboxylic acids is 2. The van der Waals surface area contributed by atoms with Crippen molar-refractivity contribution in [1.29, 1.82) is 0 Å². The summed E-state index contributed by atoms with van der Waals surface area (Å²) in [5.74, 6) is 0.159. The first-order valence-electron chi connectivity index (χ1n) is 9.23. The van der Waals surface area contributed by atoms with Crippen molar-refractivity contribution < 1.29 is 23.8 Å². The van der Waals surface area contributed by atoms with Gasteiger partial charge in [-0.25, -0.2) is 0 Å². The summed E-state index contributed by atoms with van der Waals surface area (Å²) in [6.07, 6.45) is 2.35. The minimum absolute atomic E-state index is 0.0382. The second kappa shape index (κ2) is 8.96. The van der Waals surface area contributed by atoms with Gasteiger partial charge in [0, 0.05) is 0 Å². The van der Waals surface area contributed by atoms with Crippen molar-refractivity contribution in [3.63, 3.8) is 0 Å². The number of amides is 2. The number of ether oxygens (including phenoxy) is 3. The molecule has 1 aliphatic rings. The van der Waals surface area contributed by atoms with Crippen LogP contribution >= 0.6 is 12.2 Å². The van der Waals surface area contributed by atoms with Crippen molar-refractivity contribution in [3.8, 4) is 17.2 Å². The van der Waals surface area contributed by atoms with E-state index in [0.717, 1.165) is 12.0 Å². The number of nitrogens with one attached hydrogen (secondary N) is 1. The molecule has 0 bridgehead atoms. The number of nitrogens with zero attached hydrogens (tertiary/aromatic N) is 1. The van der Waals surface area contributed by atoms with E-state index in [1.165, 1.54) is 32.3 Å². The predicted molar refractivity (Wildman–Crippen MR) is 118 cm³/mol. The third kappa shape index (κ3) is 3.99. The Morgan fingerprint density at radius 2 is 1.60 bits per heavy atom. The molecule has 7 nitrogen and oxygen atoms in total. The fraction of sp³-hybridized carbons (Fsp3) is 0.227. The highest BCUT2D eigenvalue weighted by atomic mass is 32.1. The smallest absolute Gasteiger partial charge is 0.270 e. The molecule has 1 aliphatic heterocycles. The molecule has 2 aromatic rings. The average molecular weight is 426 g/mol. The second-order valence-corrected chi connectivity index (χ2v) is 6.82. The van der Waals surface area contributed by atoms with Crippen LogP contribution in [0, 0.1) is 0 Å². The lowest BCUT2D eigenvalue weighted by Crippen LogP contribution is -2.54. The average Bonchev–Trinajstić information content (AvgIpc) is 2.76. The quantitative estimate of drug-likeness (QED) is 0.435. The molecule has 0 unspecified atom stereocenters. The summed E-state index contributed by atoms with van der Waals surface area (Å²) in [7, 11) is 4.49. The van der Waals surface area contributed by atoms with E-state index in [2.05, 4.69) is 5.32 Å². The number of benzene rings is 2. The highest BCUT2D eigenvalue weighted by molar-refractivity contribution is 7.80. The van der Waals surface area contributed by atoms with Crippen molar-refractivity contribution in [2.24, 2.45) is 0 Å². The lowest BCUT2D eigenvalue weighted by atomic mass is 10.1. The third-order valence-electron chi connectivity index (χ3n) is 4.70. The fourth-order valence-electron chi connectivity index (χ4n) is 3.12. The minimum atomic E-state index is -0.569. The Bertz CT molecular complexity index is 1010. The van der Waals surface area contributed by atoms with Gasteiger partial charge in [0.25, 0.3) is 11.8 Å². The standard InChI is InChI=1S/C22H22N2O5S/c1-5-13-6-8-15(9-7-13)24-21(26)16(20(25)23-22(24)30)10-14-11-17(27-2)19(29-4)18(12-14)28-3/h6-12H,5H2,1-4H3,(H,23,25,30). The van der Waals surface area contributed by atoms with Gasteiger partial charge in [-0.3, -0.25) is 19.8 Å². The molecule has 0 saturated carbocycles. The van der Waals surface area contributed by atoms with Crippen LogP contribution in [-0.2, 0) is 16.0 Å². The highest BCUT2D eigenvalue weighted by Gasteiger charge is 2.34. The zero-order valence-corrected chi connectivity index (χ0v) is 18.0. The van der Waals surface area contributed by atoms with Crippen LogP contribution in [0.5, 0.6) is 17.2 Å². The van der Waals surface area contributed by atoms with Crippen molar-refractivity contribution >= 4 is 40.9 Å². The summed E-state index contributed by atoms with van der Waals surface area (Å²) in [5.41, 5.74) is 2.19. The maximum absolute atomic E-state index is 13.2. The molecule has 2 aromatic carbocycles. The van der Waals surface area contributed by atoms with Crippen LogP contribution in [0.3, 0.4) is 0 Å². The Morgan fingerprint density at radius 1 is 1.00 bits per heavy atom. The van der Waals surface area contributed by atoms with Gasteiger partial charge in [0.15, 0.2) is 16.6 Å². The Hall–Kier alpha value is -3.39. The Labute approximate surface area is 180 Å². The SMILES string of the molecule is CCc1ccc(N2C(=O)C(=Cc3cc(OC)c(OC)c(OC)c3)C(=O)NC2=S)cc1. The van der Waals surface area contributed by atoms with Gasteiger partial charge in [0.05, 0.1) is 27.0 Å². The molecule has 1 heterocycles. The lowest BCUT2D eigenvalue weighted by molar-refractivity contribution is -0.122. The summed E-state index contributed by atoms with van der Waals surface area (Å²) in [6.45, 7) is 2.05. The van der Waals surface area contributed by atoms with Gasteiger partial charge in [-0.1, -0.05) is 19.1 Å². The van der Waals surface area contributed by atoms with Crippen LogP contribution < -0.4 is 24.4 Å². The summed E-state index contributed by atoms with van der Waals surface area (Å²) in [5, 5.41) is 2.62. The predicted octanol–water partition coefficient (Wildman–Crippen LogP) is 3.11. The number of methoxy groups -OCH3 is 3. The maximum atomic E-state index is 13.2. The number of rotatable bonds is 6. The minimum Gasteiger partial charge on any atom is -0.493 e. The Balaban J connectivity index is 2.04. The van der Waals surface area contributed by atoms with E-state index in [0.29, 0.717) is 28.5 Å². The molecule has 0 aromatic heterocycles. The molecule has 0 aliphatic carbocycles. The van der Waals surface area contributed by atoms with Crippen LogP contribution in [-0.4, -0.2) is 38.3 Å². The number of hydrogen-bond donors (Lipinski definition) is 1. The molecule has 156 valence electrons. The molecular weight excluding hydrogens is 404 g/mol. The van der Waals surface area contributed by atoms with Crippen LogP contribution in [0.4, 0.5) is 5.69 Å². The molecule has 1 N–H and O–H groups in total. The molecule has 0 spiro atoms. The normalized spacial score (nSPS) is 15.3. The molecule has 1 fully saturated rings. The summed E-state index contributed by atoms with van der Waals surface area (Å²) < 4.78 is 16.0. The number of carbonyl (C=O) groups is 2. The zero-order valence-electron chi connectivity index (χ0n) is 17.1. The number of anilines is 1. The topological polar surface area (TPSA) is 77.1 Å². The van der Waals surface area contributed by atoms with E-state index in [4.69, 9.17) is 26.4 Å². The third-order valence-corrected chi connectivity index (χ3v) is 4.99. The van der Waals surface area contributed by atoms with Crippen LogP contribution in [0.25, 0.3) is 6.08 Å². The highest BCUT2D eigenvalue weighted by Crippen LogP contribution is 2.39. The summed E-state index contributed by atoms with van der Waals surface area (Å²) in [6, 6.07) is 10.8. The number of hydrogen-bond acceptors (Lipinski definition) is 6. The molecule has 3 rings (SSSR count). The first-order valence-corrected chi connectivity index (χ1v) is 9.64. The maximum Gasteiger partial charge on any atom is 0.270 e. The number of thiocarbonyl (C=S) groups is 1. The van der Waals surface area contributed by atoms with Gasteiger partial charge in [-0.15, -0.1) is 0 Å². The van der Waals surface area contributed by atoms with Crippen LogP contribution in [0.1, 0.15) is 18.1 Å². The van der Waals surface area contributed by atoms with Crippen molar-refractivity contribution in [2.75, 3.05) is 26.2 Å². The van der Waals surface area contributed by atoms with Crippen molar-refractivity contribution in [3.05, 3.63) is 53.1 Å². The molecular formula is C22H22N2O5S. The first kappa shape index (κ1) is 21.3. The fourth-order valence-corrected chi connectivity index (χ4v) is 3.41. The second-order valence-electron chi connectivity index (χ2n) is 6.44. The van der Waals surface area contributed by atoms with E-state index >= 15 is 0 Å². The van der Waals surface area contributed by atoms with Gasteiger partial charge < -0.3 is 14.2 Å².